The third-order valence-electron chi connectivity index (χ3n) is 5.97. The maximum Gasteiger partial charge on any atom is 0.254 e. The Kier molecular flexibility index (Phi) is 3.87. The zero-order valence-corrected chi connectivity index (χ0v) is 15.2. The van der Waals surface area contributed by atoms with Gasteiger partial charge in [0.15, 0.2) is 18.2 Å². The highest BCUT2D eigenvalue weighted by Gasteiger charge is 2.63. The maximum atomic E-state index is 12.6. The lowest BCUT2D eigenvalue weighted by molar-refractivity contribution is -0.231. The Morgan fingerprint density at radius 2 is 2.00 bits per heavy atom. The molecule has 26 heavy (non-hydrogen) atoms. The quantitative estimate of drug-likeness (QED) is 0.774. The van der Waals surface area contributed by atoms with E-state index in [0.29, 0.717) is 6.61 Å². The van der Waals surface area contributed by atoms with Crippen LogP contribution < -0.4 is 0 Å². The molecule has 6 atom stereocenters. The van der Waals surface area contributed by atoms with E-state index in [1.165, 1.54) is 0 Å². The summed E-state index contributed by atoms with van der Waals surface area (Å²) >= 11 is 0. The van der Waals surface area contributed by atoms with Crippen LogP contribution in [0.15, 0.2) is 30.3 Å². The smallest absolute Gasteiger partial charge is 0.254 e. The van der Waals surface area contributed by atoms with Gasteiger partial charge in [-0.3, -0.25) is 4.79 Å². The van der Waals surface area contributed by atoms with Crippen LogP contribution in [0.5, 0.6) is 0 Å². The average molecular weight is 359 g/mol. The van der Waals surface area contributed by atoms with Crippen LogP contribution in [-0.4, -0.2) is 53.8 Å². The number of nitrogens with zero attached hydrogens (tertiary/aromatic N) is 1. The monoisotopic (exact) mass is 359 g/mol. The van der Waals surface area contributed by atoms with Gasteiger partial charge in [-0.1, -0.05) is 30.3 Å². The molecular formula is C20H25NO5. The minimum Gasteiger partial charge on any atom is -0.361 e. The molecule has 0 unspecified atom stereocenters. The predicted octanol–water partition coefficient (Wildman–Crippen LogP) is 2.07. The highest BCUT2D eigenvalue weighted by atomic mass is 16.8. The van der Waals surface area contributed by atoms with Crippen LogP contribution in [-0.2, 0) is 30.3 Å². The van der Waals surface area contributed by atoms with Crippen molar-refractivity contribution in [2.24, 2.45) is 5.92 Å². The lowest BCUT2D eigenvalue weighted by Crippen LogP contribution is -2.70. The third kappa shape index (κ3) is 2.59. The van der Waals surface area contributed by atoms with E-state index in [1.54, 1.807) is 0 Å². The molecule has 4 heterocycles. The molecule has 0 radical (unpaired) electrons. The number of carbonyl (C=O) groups is 1. The van der Waals surface area contributed by atoms with E-state index in [9.17, 15) is 4.79 Å². The molecule has 1 aromatic carbocycles. The number of hydrogen-bond donors (Lipinski definition) is 0. The zero-order valence-electron chi connectivity index (χ0n) is 15.2. The summed E-state index contributed by atoms with van der Waals surface area (Å²) in [5.74, 6) is -0.285. The fourth-order valence-corrected chi connectivity index (χ4v) is 4.83. The average Bonchev–Trinajstić information content (AvgIpc) is 3.01. The molecule has 6 heteroatoms. The van der Waals surface area contributed by atoms with Gasteiger partial charge in [-0.05, 0) is 32.3 Å². The van der Waals surface area contributed by atoms with Crippen LogP contribution in [0.3, 0.4) is 0 Å². The summed E-state index contributed by atoms with van der Waals surface area (Å²) < 4.78 is 24.3. The van der Waals surface area contributed by atoms with E-state index in [-0.39, 0.29) is 36.4 Å². The van der Waals surface area contributed by atoms with Crippen LogP contribution in [0.4, 0.5) is 0 Å². The number of benzene rings is 1. The fourth-order valence-electron chi connectivity index (χ4n) is 4.83. The molecule has 4 aliphatic rings. The Morgan fingerprint density at radius 1 is 1.19 bits per heavy atom. The third-order valence-corrected chi connectivity index (χ3v) is 5.97. The minimum atomic E-state index is -0.606. The number of fused-ring (bicyclic) bond motifs is 5. The SMILES string of the molecule is CC1(C)O[C@H]2O[C@H]3[C@H](CCCN4C(=O)[C@H](OCc5ccccc5)[C@H]34)[C@H]2O1. The molecule has 0 bridgehead atoms. The fraction of sp³-hybridized carbons (Fsp3) is 0.650. The van der Waals surface area contributed by atoms with Gasteiger partial charge in [0, 0.05) is 12.5 Å². The molecule has 5 rings (SSSR count). The summed E-state index contributed by atoms with van der Waals surface area (Å²) in [7, 11) is 0. The first-order chi connectivity index (χ1) is 12.5. The van der Waals surface area contributed by atoms with Gasteiger partial charge in [-0.25, -0.2) is 0 Å². The highest BCUT2D eigenvalue weighted by molar-refractivity contribution is 5.88. The summed E-state index contributed by atoms with van der Waals surface area (Å²) in [6, 6.07) is 9.91. The number of ether oxygens (including phenoxy) is 4. The second-order valence-electron chi connectivity index (χ2n) is 8.11. The Balaban J connectivity index is 1.32. The van der Waals surface area contributed by atoms with Crippen LogP contribution in [0.25, 0.3) is 0 Å². The Morgan fingerprint density at radius 3 is 2.81 bits per heavy atom. The normalized spacial score (nSPS) is 40.4. The van der Waals surface area contributed by atoms with E-state index in [1.807, 2.05) is 49.1 Å². The number of carbonyl (C=O) groups excluding carboxylic acids is 1. The van der Waals surface area contributed by atoms with Crippen molar-refractivity contribution < 1.29 is 23.7 Å². The maximum absolute atomic E-state index is 12.6. The summed E-state index contributed by atoms with van der Waals surface area (Å²) in [5, 5.41) is 0. The second kappa shape index (κ2) is 6.02. The van der Waals surface area contributed by atoms with Crippen molar-refractivity contribution in [3.8, 4) is 0 Å². The molecular weight excluding hydrogens is 334 g/mol. The zero-order chi connectivity index (χ0) is 17.9. The molecule has 0 aromatic heterocycles. The van der Waals surface area contributed by atoms with Gasteiger partial charge in [-0.2, -0.15) is 0 Å². The van der Waals surface area contributed by atoms with Crippen LogP contribution in [0.1, 0.15) is 32.3 Å². The van der Waals surface area contributed by atoms with Gasteiger partial charge in [0.2, 0.25) is 0 Å². The van der Waals surface area contributed by atoms with Crippen molar-refractivity contribution in [2.45, 2.75) is 69.7 Å². The molecule has 1 amide bonds. The summed E-state index contributed by atoms with van der Waals surface area (Å²) in [6.07, 6.45) is 1.03. The lowest BCUT2D eigenvalue weighted by atomic mass is 9.85. The standard InChI is InChI=1S/C20H25NO5/c1-20(2)25-16-13-9-6-10-21-14(15(13)24-19(16)26-20)17(18(21)22)23-11-12-7-4-3-5-8-12/h3-5,7-8,13-17,19H,6,9-11H2,1-2H3/t13-,14-,15-,16+,17+,19+/m0/s1. The largest absolute Gasteiger partial charge is 0.361 e. The van der Waals surface area contributed by atoms with Crippen molar-refractivity contribution >= 4 is 5.91 Å². The van der Waals surface area contributed by atoms with E-state index >= 15 is 0 Å². The number of rotatable bonds is 3. The van der Waals surface area contributed by atoms with Gasteiger partial charge in [0.1, 0.15) is 6.10 Å². The van der Waals surface area contributed by atoms with Crippen LogP contribution >= 0.6 is 0 Å². The van der Waals surface area contributed by atoms with Crippen molar-refractivity contribution in [1.29, 1.82) is 0 Å². The van der Waals surface area contributed by atoms with E-state index in [0.717, 1.165) is 24.9 Å². The van der Waals surface area contributed by atoms with Crippen molar-refractivity contribution in [1.82, 2.24) is 4.90 Å². The van der Waals surface area contributed by atoms with Gasteiger partial charge in [-0.15, -0.1) is 0 Å². The second-order valence-corrected chi connectivity index (χ2v) is 8.11. The molecule has 0 spiro atoms. The van der Waals surface area contributed by atoms with Gasteiger partial charge >= 0.3 is 0 Å². The Hall–Kier alpha value is -1.47. The predicted molar refractivity (Wildman–Crippen MR) is 91.9 cm³/mol. The van der Waals surface area contributed by atoms with E-state index < -0.39 is 11.9 Å². The summed E-state index contributed by atoms with van der Waals surface area (Å²) in [5.41, 5.74) is 1.07. The summed E-state index contributed by atoms with van der Waals surface area (Å²) in [4.78, 5) is 14.5. The molecule has 6 nitrogen and oxygen atoms in total. The lowest BCUT2D eigenvalue weighted by Gasteiger charge is -2.48. The molecule has 0 aliphatic carbocycles. The van der Waals surface area contributed by atoms with Gasteiger partial charge < -0.3 is 23.8 Å². The van der Waals surface area contributed by atoms with Gasteiger partial charge in [0.05, 0.1) is 18.8 Å². The number of hydrogen-bond acceptors (Lipinski definition) is 5. The highest BCUT2D eigenvalue weighted by Crippen LogP contribution is 2.48. The molecule has 4 saturated heterocycles. The minimum absolute atomic E-state index is 0.0420. The van der Waals surface area contributed by atoms with E-state index in [4.69, 9.17) is 18.9 Å². The molecule has 0 N–H and O–H groups in total. The first kappa shape index (κ1) is 16.7. The van der Waals surface area contributed by atoms with Crippen LogP contribution in [0, 0.1) is 5.92 Å². The number of amides is 1. The molecule has 4 aliphatic heterocycles. The van der Waals surface area contributed by atoms with Crippen LogP contribution in [0.2, 0.25) is 0 Å². The van der Waals surface area contributed by atoms with Crippen molar-refractivity contribution in [3.05, 3.63) is 35.9 Å². The number of β-lactam (4-membered cyclic amide) rings is 1. The topological polar surface area (TPSA) is 57.2 Å². The van der Waals surface area contributed by atoms with E-state index in [2.05, 4.69) is 0 Å². The first-order valence-electron chi connectivity index (χ1n) is 9.51. The molecule has 140 valence electrons. The van der Waals surface area contributed by atoms with Crippen molar-refractivity contribution in [2.75, 3.05) is 6.54 Å². The first-order valence-corrected chi connectivity index (χ1v) is 9.51. The van der Waals surface area contributed by atoms with Gasteiger partial charge in [0.25, 0.3) is 5.91 Å². The van der Waals surface area contributed by atoms with Crippen molar-refractivity contribution in [3.63, 3.8) is 0 Å². The molecule has 4 fully saturated rings. The Bertz CT molecular complexity index is 693. The summed E-state index contributed by atoms with van der Waals surface area (Å²) in [6.45, 7) is 5.05. The Labute approximate surface area is 153 Å². The molecule has 0 saturated carbocycles. The molecule has 1 aromatic rings.